The van der Waals surface area contributed by atoms with Crippen molar-refractivity contribution >= 4 is 26.6 Å². The molecule has 1 aromatic rings. The van der Waals surface area contributed by atoms with Gasteiger partial charge in [-0.2, -0.15) is 0 Å². The standard InChI is InChI=1S/C12H21N3O3S2/c1-4-13-12-9-11(6-7-14-12)20(17,18)15-8-5-10(2)19(3)16/h6-7,9-10,15H,4-5,8H2,1-3H3,(H,13,14). The predicted molar refractivity (Wildman–Crippen MR) is 81.7 cm³/mol. The molecule has 0 aromatic carbocycles. The van der Waals surface area contributed by atoms with Gasteiger partial charge in [0.05, 0.1) is 4.90 Å². The van der Waals surface area contributed by atoms with Crippen molar-refractivity contribution < 1.29 is 12.6 Å². The van der Waals surface area contributed by atoms with E-state index in [0.717, 1.165) is 0 Å². The van der Waals surface area contributed by atoms with Crippen molar-refractivity contribution in [3.8, 4) is 0 Å². The van der Waals surface area contributed by atoms with Crippen LogP contribution in [0.25, 0.3) is 0 Å². The van der Waals surface area contributed by atoms with Gasteiger partial charge in [-0.3, -0.25) is 4.21 Å². The van der Waals surface area contributed by atoms with Gasteiger partial charge in [-0.25, -0.2) is 18.1 Å². The third-order valence-electron chi connectivity index (χ3n) is 2.81. The van der Waals surface area contributed by atoms with Gasteiger partial charge in [-0.15, -0.1) is 0 Å². The van der Waals surface area contributed by atoms with Crippen LogP contribution in [0.5, 0.6) is 0 Å². The summed E-state index contributed by atoms with van der Waals surface area (Å²) in [6, 6.07) is 2.94. The molecular weight excluding hydrogens is 298 g/mol. The Morgan fingerprint density at radius 2 is 2.15 bits per heavy atom. The van der Waals surface area contributed by atoms with Crippen molar-refractivity contribution in [1.82, 2.24) is 9.71 Å². The SMILES string of the molecule is CCNc1cc(S(=O)(=O)NCCC(C)S(C)=O)ccn1. The Labute approximate surface area is 122 Å². The van der Waals surface area contributed by atoms with Gasteiger partial charge in [0.1, 0.15) is 5.82 Å². The molecule has 0 aliphatic carbocycles. The van der Waals surface area contributed by atoms with Gasteiger partial charge in [-0.1, -0.05) is 6.92 Å². The first kappa shape index (κ1) is 17.1. The van der Waals surface area contributed by atoms with E-state index in [2.05, 4.69) is 15.0 Å². The largest absolute Gasteiger partial charge is 0.370 e. The molecule has 0 aliphatic rings. The normalized spacial score (nSPS) is 14.8. The number of hydrogen-bond donors (Lipinski definition) is 2. The fraction of sp³-hybridized carbons (Fsp3) is 0.583. The predicted octanol–water partition coefficient (Wildman–Crippen LogP) is 0.949. The lowest BCUT2D eigenvalue weighted by molar-refractivity contribution is 0.577. The molecule has 8 heteroatoms. The zero-order valence-corrected chi connectivity index (χ0v) is 13.6. The first-order valence-electron chi connectivity index (χ1n) is 6.38. The highest BCUT2D eigenvalue weighted by Gasteiger charge is 2.15. The van der Waals surface area contributed by atoms with Crippen LogP contribution in [0.2, 0.25) is 0 Å². The number of nitrogens with zero attached hydrogens (tertiary/aromatic N) is 1. The lowest BCUT2D eigenvalue weighted by atomic mass is 10.3. The van der Waals surface area contributed by atoms with Crippen LogP contribution < -0.4 is 10.0 Å². The van der Waals surface area contributed by atoms with E-state index in [4.69, 9.17) is 0 Å². The third-order valence-corrected chi connectivity index (χ3v) is 5.64. The minimum atomic E-state index is -3.55. The molecule has 114 valence electrons. The molecule has 6 nitrogen and oxygen atoms in total. The third kappa shape index (κ3) is 5.18. The summed E-state index contributed by atoms with van der Waals surface area (Å²) in [5, 5.41) is 2.93. The molecule has 0 amide bonds. The van der Waals surface area contributed by atoms with E-state index < -0.39 is 20.8 Å². The van der Waals surface area contributed by atoms with Gasteiger partial charge in [0.15, 0.2) is 0 Å². The van der Waals surface area contributed by atoms with Crippen molar-refractivity contribution in [2.24, 2.45) is 0 Å². The first-order valence-corrected chi connectivity index (χ1v) is 9.49. The molecule has 1 heterocycles. The maximum atomic E-state index is 12.1. The number of hydrogen-bond acceptors (Lipinski definition) is 5. The lowest BCUT2D eigenvalue weighted by Gasteiger charge is -2.10. The van der Waals surface area contributed by atoms with E-state index in [0.29, 0.717) is 18.8 Å². The lowest BCUT2D eigenvalue weighted by Crippen LogP contribution is -2.27. The summed E-state index contributed by atoms with van der Waals surface area (Å²) in [7, 11) is -4.50. The van der Waals surface area contributed by atoms with Gasteiger partial charge < -0.3 is 5.32 Å². The second kappa shape index (κ2) is 7.70. The van der Waals surface area contributed by atoms with Crippen LogP contribution in [-0.4, -0.2) is 42.2 Å². The Hall–Kier alpha value is -0.990. The second-order valence-electron chi connectivity index (χ2n) is 4.40. The Bertz CT molecular complexity index is 561. The molecule has 0 saturated carbocycles. The van der Waals surface area contributed by atoms with Gasteiger partial charge in [0.25, 0.3) is 0 Å². The second-order valence-corrected chi connectivity index (χ2v) is 7.97. The highest BCUT2D eigenvalue weighted by atomic mass is 32.2. The number of sulfonamides is 1. The highest BCUT2D eigenvalue weighted by molar-refractivity contribution is 7.89. The van der Waals surface area contributed by atoms with Crippen LogP contribution in [0.4, 0.5) is 5.82 Å². The molecule has 0 aliphatic heterocycles. The zero-order valence-electron chi connectivity index (χ0n) is 11.9. The molecule has 0 spiro atoms. The maximum absolute atomic E-state index is 12.1. The summed E-state index contributed by atoms with van der Waals surface area (Å²) in [5.41, 5.74) is 0. The summed E-state index contributed by atoms with van der Waals surface area (Å²) in [4.78, 5) is 4.21. The Morgan fingerprint density at radius 1 is 1.45 bits per heavy atom. The number of anilines is 1. The average molecular weight is 319 g/mol. The highest BCUT2D eigenvalue weighted by Crippen LogP contribution is 2.12. The zero-order chi connectivity index (χ0) is 15.2. The molecule has 20 heavy (non-hydrogen) atoms. The van der Waals surface area contributed by atoms with Crippen LogP contribution in [0, 0.1) is 0 Å². The Morgan fingerprint density at radius 3 is 2.75 bits per heavy atom. The number of nitrogens with one attached hydrogen (secondary N) is 2. The fourth-order valence-electron chi connectivity index (χ4n) is 1.50. The molecule has 0 fully saturated rings. The Kier molecular flexibility index (Phi) is 6.57. The molecule has 2 N–H and O–H groups in total. The molecule has 0 saturated heterocycles. The van der Waals surface area contributed by atoms with E-state index in [9.17, 15) is 12.6 Å². The van der Waals surface area contributed by atoms with Gasteiger partial charge in [0.2, 0.25) is 10.0 Å². The van der Waals surface area contributed by atoms with E-state index in [1.165, 1.54) is 18.3 Å². The van der Waals surface area contributed by atoms with Crippen molar-refractivity contribution in [3.05, 3.63) is 18.3 Å². The maximum Gasteiger partial charge on any atom is 0.240 e. The summed E-state index contributed by atoms with van der Waals surface area (Å²) >= 11 is 0. The topological polar surface area (TPSA) is 88.2 Å². The summed E-state index contributed by atoms with van der Waals surface area (Å²) in [6.07, 6.45) is 3.61. The van der Waals surface area contributed by atoms with Crippen LogP contribution in [0.3, 0.4) is 0 Å². The van der Waals surface area contributed by atoms with Gasteiger partial charge >= 0.3 is 0 Å². The van der Waals surface area contributed by atoms with E-state index in [1.54, 1.807) is 6.26 Å². The number of aromatic nitrogens is 1. The first-order chi connectivity index (χ1) is 9.36. The monoisotopic (exact) mass is 319 g/mol. The minimum Gasteiger partial charge on any atom is -0.370 e. The van der Waals surface area contributed by atoms with Gasteiger partial charge in [-0.05, 0) is 19.4 Å². The van der Waals surface area contributed by atoms with Crippen molar-refractivity contribution in [2.45, 2.75) is 30.4 Å². The van der Waals surface area contributed by atoms with Crippen molar-refractivity contribution in [2.75, 3.05) is 24.7 Å². The van der Waals surface area contributed by atoms with Crippen LogP contribution in [0.1, 0.15) is 20.3 Å². The molecular formula is C12H21N3O3S2. The molecule has 2 atom stereocenters. The van der Waals surface area contributed by atoms with Crippen molar-refractivity contribution in [3.63, 3.8) is 0 Å². The fourth-order valence-corrected chi connectivity index (χ4v) is 3.01. The van der Waals surface area contributed by atoms with Crippen LogP contribution >= 0.6 is 0 Å². The summed E-state index contributed by atoms with van der Waals surface area (Å²) in [6.45, 7) is 4.68. The molecule has 1 rings (SSSR count). The van der Waals surface area contributed by atoms with E-state index in [-0.39, 0.29) is 16.7 Å². The molecule has 1 aromatic heterocycles. The van der Waals surface area contributed by atoms with Crippen LogP contribution in [-0.2, 0) is 20.8 Å². The number of pyridine rings is 1. The molecule has 0 bridgehead atoms. The average Bonchev–Trinajstić information content (AvgIpc) is 2.39. The summed E-state index contributed by atoms with van der Waals surface area (Å²) in [5.74, 6) is 0.526. The van der Waals surface area contributed by atoms with Gasteiger partial charge in [0, 0.05) is 47.7 Å². The quantitative estimate of drug-likeness (QED) is 0.745. The summed E-state index contributed by atoms with van der Waals surface area (Å²) < 4.78 is 37.9. The smallest absolute Gasteiger partial charge is 0.240 e. The van der Waals surface area contributed by atoms with Crippen molar-refractivity contribution in [1.29, 1.82) is 0 Å². The minimum absolute atomic E-state index is 0.0348. The number of rotatable bonds is 8. The van der Waals surface area contributed by atoms with Crippen LogP contribution in [0.15, 0.2) is 23.2 Å². The van der Waals surface area contributed by atoms with E-state index >= 15 is 0 Å². The Balaban J connectivity index is 2.69. The molecule has 2 unspecified atom stereocenters. The molecule has 0 radical (unpaired) electrons. The van der Waals surface area contributed by atoms with E-state index in [1.807, 2.05) is 13.8 Å².